The third-order valence-electron chi connectivity index (χ3n) is 4.30. The zero-order valence-corrected chi connectivity index (χ0v) is 14.5. The molecule has 0 aliphatic heterocycles. The van der Waals surface area contributed by atoms with Crippen molar-refractivity contribution in [1.29, 1.82) is 0 Å². The van der Waals surface area contributed by atoms with Gasteiger partial charge in [0.15, 0.2) is 11.2 Å². The summed E-state index contributed by atoms with van der Waals surface area (Å²) in [4.78, 5) is 25.0. The second kappa shape index (κ2) is 7.26. The molecular formula is C24H16O3. The highest BCUT2D eigenvalue weighted by Crippen LogP contribution is 2.22. The van der Waals surface area contributed by atoms with Gasteiger partial charge in [-0.2, -0.15) is 0 Å². The van der Waals surface area contributed by atoms with E-state index in [1.165, 1.54) is 12.1 Å². The summed E-state index contributed by atoms with van der Waals surface area (Å²) in [5.41, 5.74) is 2.53. The summed E-state index contributed by atoms with van der Waals surface area (Å²) in [6, 6.07) is 25.4. The molecule has 0 unspecified atom stereocenters. The number of allylic oxidation sites excluding steroid dienone is 1. The number of rotatable bonds is 4. The van der Waals surface area contributed by atoms with E-state index in [-0.39, 0.29) is 11.2 Å². The topological polar surface area (TPSA) is 47.3 Å². The van der Waals surface area contributed by atoms with Crippen LogP contribution in [0.2, 0.25) is 0 Å². The van der Waals surface area contributed by atoms with Crippen LogP contribution in [0.4, 0.5) is 0 Å². The van der Waals surface area contributed by atoms with E-state index in [0.717, 1.165) is 11.1 Å². The number of fused-ring (bicyclic) bond motifs is 1. The normalized spacial score (nSPS) is 11.1. The molecule has 4 aromatic rings. The van der Waals surface area contributed by atoms with E-state index in [1.807, 2.05) is 60.7 Å². The maximum absolute atomic E-state index is 12.5. The van der Waals surface area contributed by atoms with E-state index in [9.17, 15) is 9.59 Å². The van der Waals surface area contributed by atoms with E-state index in [4.69, 9.17) is 4.42 Å². The van der Waals surface area contributed by atoms with Crippen LogP contribution >= 0.6 is 0 Å². The van der Waals surface area contributed by atoms with Crippen molar-refractivity contribution in [2.75, 3.05) is 0 Å². The van der Waals surface area contributed by atoms with Crippen molar-refractivity contribution in [3.8, 4) is 11.3 Å². The summed E-state index contributed by atoms with van der Waals surface area (Å²) in [5.74, 6) is 0.350. The Bertz CT molecular complexity index is 1190. The fourth-order valence-corrected chi connectivity index (χ4v) is 2.89. The molecule has 0 aliphatic rings. The van der Waals surface area contributed by atoms with Crippen LogP contribution in [0, 0.1) is 0 Å². The lowest BCUT2D eigenvalue weighted by molar-refractivity contribution is 0.104. The smallest absolute Gasteiger partial charge is 0.193 e. The molecule has 4 rings (SSSR count). The van der Waals surface area contributed by atoms with Crippen LogP contribution in [-0.2, 0) is 0 Å². The quantitative estimate of drug-likeness (QED) is 0.367. The first kappa shape index (κ1) is 16.7. The first-order valence-electron chi connectivity index (χ1n) is 8.61. The predicted octanol–water partition coefficient (Wildman–Crippen LogP) is 5.36. The maximum Gasteiger partial charge on any atom is 0.193 e. The lowest BCUT2D eigenvalue weighted by Gasteiger charge is -2.04. The molecule has 3 heteroatoms. The van der Waals surface area contributed by atoms with Gasteiger partial charge in [0.2, 0.25) is 0 Å². The van der Waals surface area contributed by atoms with Gasteiger partial charge >= 0.3 is 0 Å². The summed E-state index contributed by atoms with van der Waals surface area (Å²) in [5, 5.41) is 0.397. The van der Waals surface area contributed by atoms with Crippen LogP contribution in [0.3, 0.4) is 0 Å². The average Bonchev–Trinajstić information content (AvgIpc) is 2.73. The van der Waals surface area contributed by atoms with E-state index in [2.05, 4.69) is 0 Å². The molecule has 3 nitrogen and oxygen atoms in total. The second-order valence-corrected chi connectivity index (χ2v) is 6.16. The van der Waals surface area contributed by atoms with E-state index >= 15 is 0 Å². The van der Waals surface area contributed by atoms with Gasteiger partial charge in [-0.25, -0.2) is 0 Å². The molecule has 130 valence electrons. The molecular weight excluding hydrogens is 336 g/mol. The molecule has 0 saturated heterocycles. The number of hydrogen-bond donors (Lipinski definition) is 0. The standard InChI is InChI=1S/C24H16O3/c25-21(13-11-17-7-3-1-4-8-17)19-12-14-23-20(15-19)22(26)16-24(27-23)18-9-5-2-6-10-18/h1-16H. The SMILES string of the molecule is O=C(C=Cc1ccccc1)c1ccc2oc(-c3ccccc3)cc(=O)c2c1. The Labute approximate surface area is 156 Å². The molecule has 0 radical (unpaired) electrons. The molecule has 27 heavy (non-hydrogen) atoms. The monoisotopic (exact) mass is 352 g/mol. The van der Waals surface area contributed by atoms with Gasteiger partial charge in [0, 0.05) is 17.2 Å². The zero-order chi connectivity index (χ0) is 18.6. The largest absolute Gasteiger partial charge is 0.456 e. The van der Waals surface area contributed by atoms with E-state index < -0.39 is 0 Å². The summed E-state index contributed by atoms with van der Waals surface area (Å²) >= 11 is 0. The zero-order valence-electron chi connectivity index (χ0n) is 14.5. The molecule has 0 bridgehead atoms. The van der Waals surface area contributed by atoms with Crippen LogP contribution in [-0.4, -0.2) is 5.78 Å². The molecule has 0 aliphatic carbocycles. The number of carbonyl (C=O) groups is 1. The molecule has 0 saturated carbocycles. The lowest BCUT2D eigenvalue weighted by Crippen LogP contribution is -2.03. The Kier molecular flexibility index (Phi) is 4.50. The van der Waals surface area contributed by atoms with Gasteiger partial charge in [-0.15, -0.1) is 0 Å². The molecule has 0 N–H and O–H groups in total. The van der Waals surface area contributed by atoms with Gasteiger partial charge in [0.05, 0.1) is 5.39 Å². The van der Waals surface area contributed by atoms with Crippen molar-refractivity contribution in [2.45, 2.75) is 0 Å². The molecule has 3 aromatic carbocycles. The molecule has 0 spiro atoms. The minimum absolute atomic E-state index is 0.160. The van der Waals surface area contributed by atoms with Gasteiger partial charge in [-0.1, -0.05) is 66.7 Å². The highest BCUT2D eigenvalue weighted by atomic mass is 16.3. The van der Waals surface area contributed by atoms with Crippen LogP contribution in [0.1, 0.15) is 15.9 Å². The molecule has 0 amide bonds. The minimum atomic E-state index is -0.170. The van der Waals surface area contributed by atoms with Crippen molar-refractivity contribution in [1.82, 2.24) is 0 Å². The summed E-state index contributed by atoms with van der Waals surface area (Å²) < 4.78 is 5.86. The summed E-state index contributed by atoms with van der Waals surface area (Å²) in [6.45, 7) is 0. The van der Waals surface area contributed by atoms with Crippen molar-refractivity contribution >= 4 is 22.8 Å². The molecule has 1 heterocycles. The van der Waals surface area contributed by atoms with Crippen molar-refractivity contribution < 1.29 is 9.21 Å². The Hall–Kier alpha value is -3.72. The summed E-state index contributed by atoms with van der Waals surface area (Å²) in [7, 11) is 0. The highest BCUT2D eigenvalue weighted by Gasteiger charge is 2.10. The molecule has 0 atom stereocenters. The van der Waals surface area contributed by atoms with Crippen molar-refractivity contribution in [3.05, 3.63) is 112 Å². The second-order valence-electron chi connectivity index (χ2n) is 6.16. The Balaban J connectivity index is 1.68. The van der Waals surface area contributed by atoms with Gasteiger partial charge in [-0.3, -0.25) is 9.59 Å². The summed E-state index contributed by atoms with van der Waals surface area (Å²) in [6.07, 6.45) is 3.27. The molecule has 1 aromatic heterocycles. The highest BCUT2D eigenvalue weighted by molar-refractivity contribution is 6.08. The fourth-order valence-electron chi connectivity index (χ4n) is 2.89. The van der Waals surface area contributed by atoms with E-state index in [0.29, 0.717) is 22.3 Å². The average molecular weight is 352 g/mol. The van der Waals surface area contributed by atoms with Gasteiger partial charge in [0.1, 0.15) is 11.3 Å². The third kappa shape index (κ3) is 3.62. The van der Waals surface area contributed by atoms with E-state index in [1.54, 1.807) is 24.3 Å². The van der Waals surface area contributed by atoms with Gasteiger partial charge < -0.3 is 4.42 Å². The number of benzene rings is 3. The first-order valence-corrected chi connectivity index (χ1v) is 8.61. The van der Waals surface area contributed by atoms with Crippen LogP contribution in [0.15, 0.2) is 100 Å². The van der Waals surface area contributed by atoms with Crippen LogP contribution in [0.5, 0.6) is 0 Å². The first-order chi connectivity index (χ1) is 13.2. The van der Waals surface area contributed by atoms with Crippen LogP contribution < -0.4 is 5.43 Å². The van der Waals surface area contributed by atoms with Crippen molar-refractivity contribution in [2.24, 2.45) is 0 Å². The number of hydrogen-bond acceptors (Lipinski definition) is 3. The predicted molar refractivity (Wildman–Crippen MR) is 108 cm³/mol. The Morgan fingerprint density at radius 1 is 0.815 bits per heavy atom. The van der Waals surface area contributed by atoms with Crippen molar-refractivity contribution in [3.63, 3.8) is 0 Å². The fraction of sp³-hybridized carbons (Fsp3) is 0. The Morgan fingerprint density at radius 2 is 1.52 bits per heavy atom. The van der Waals surface area contributed by atoms with Gasteiger partial charge in [0.25, 0.3) is 0 Å². The third-order valence-corrected chi connectivity index (χ3v) is 4.30. The molecule has 0 fully saturated rings. The minimum Gasteiger partial charge on any atom is -0.456 e. The maximum atomic E-state index is 12.5. The van der Waals surface area contributed by atoms with Crippen LogP contribution in [0.25, 0.3) is 28.4 Å². The van der Waals surface area contributed by atoms with Gasteiger partial charge in [-0.05, 0) is 29.8 Å². The number of carbonyl (C=O) groups excluding carboxylic acids is 1. The lowest BCUT2D eigenvalue weighted by atomic mass is 10.1. The Morgan fingerprint density at radius 3 is 2.26 bits per heavy atom. The number of ketones is 1.